The summed E-state index contributed by atoms with van der Waals surface area (Å²) < 4.78 is 0.249. The van der Waals surface area contributed by atoms with Gasteiger partial charge in [0.25, 0.3) is 11.5 Å². The minimum absolute atomic E-state index is 0.00196. The van der Waals surface area contributed by atoms with E-state index < -0.39 is 0 Å². The second-order valence-electron chi connectivity index (χ2n) is 7.38. The van der Waals surface area contributed by atoms with Crippen molar-refractivity contribution in [2.45, 2.75) is 45.6 Å². The molecule has 0 saturated carbocycles. The van der Waals surface area contributed by atoms with Crippen molar-refractivity contribution in [3.63, 3.8) is 0 Å². The molecule has 1 atom stereocenters. The number of likely N-dealkylation sites (tertiary alicyclic amines) is 1. The first-order valence-corrected chi connectivity index (χ1v) is 9.95. The predicted molar refractivity (Wildman–Crippen MR) is 110 cm³/mol. The minimum Gasteiger partial charge on any atom is -0.332 e. The highest BCUT2D eigenvalue weighted by Crippen LogP contribution is 2.34. The van der Waals surface area contributed by atoms with E-state index in [2.05, 4.69) is 20.2 Å². The molecule has 7 nitrogen and oxygen atoms in total. The Kier molecular flexibility index (Phi) is 4.89. The summed E-state index contributed by atoms with van der Waals surface area (Å²) in [7, 11) is 0. The lowest BCUT2D eigenvalue weighted by Crippen LogP contribution is -2.35. The van der Waals surface area contributed by atoms with E-state index in [-0.39, 0.29) is 22.3 Å². The lowest BCUT2D eigenvalue weighted by molar-refractivity contribution is 0.0680. The van der Waals surface area contributed by atoms with E-state index >= 15 is 0 Å². The Morgan fingerprint density at radius 1 is 1.21 bits per heavy atom. The second-order valence-corrected chi connectivity index (χ2v) is 7.79. The Hall–Kier alpha value is -2.74. The first kappa shape index (κ1) is 18.6. The van der Waals surface area contributed by atoms with Crippen LogP contribution in [0.5, 0.6) is 0 Å². The van der Waals surface area contributed by atoms with Gasteiger partial charge in [0.1, 0.15) is 0 Å². The summed E-state index contributed by atoms with van der Waals surface area (Å²) in [5.74, 6) is -0.0339. The number of nitrogens with zero attached hydrogens (tertiary/aromatic N) is 2. The molecule has 4 rings (SSSR count). The van der Waals surface area contributed by atoms with Crippen LogP contribution in [-0.2, 0) is 0 Å². The maximum absolute atomic E-state index is 13.5. The molecule has 1 saturated heterocycles. The van der Waals surface area contributed by atoms with Gasteiger partial charge in [-0.3, -0.25) is 19.7 Å². The topological polar surface area (TPSA) is 97.6 Å². The lowest BCUT2D eigenvalue weighted by Gasteiger charge is -2.31. The van der Waals surface area contributed by atoms with Gasteiger partial charge in [0.05, 0.1) is 22.6 Å². The van der Waals surface area contributed by atoms with Crippen LogP contribution >= 0.6 is 12.2 Å². The average molecular weight is 398 g/mol. The highest BCUT2D eigenvalue weighted by atomic mass is 32.1. The number of hydrogen-bond acceptors (Lipinski definition) is 4. The monoisotopic (exact) mass is 397 g/mol. The number of rotatable bonds is 2. The lowest BCUT2D eigenvalue weighted by atomic mass is 9.98. The molecule has 1 amide bonds. The Labute approximate surface area is 167 Å². The van der Waals surface area contributed by atoms with Gasteiger partial charge in [-0.1, -0.05) is 12.8 Å². The molecule has 8 heteroatoms. The number of aryl methyl sites for hydroxylation is 2. The number of benzene rings is 1. The smallest absolute Gasteiger partial charge is 0.259 e. The number of hydrogen-bond donors (Lipinski definition) is 3. The van der Waals surface area contributed by atoms with Crippen molar-refractivity contribution >= 4 is 29.0 Å². The fraction of sp³-hybridized carbons (Fsp3) is 0.400. The number of carbonyl (C=O) groups is 1. The van der Waals surface area contributed by atoms with E-state index in [9.17, 15) is 9.59 Å². The van der Waals surface area contributed by atoms with Crippen molar-refractivity contribution in [3.8, 4) is 0 Å². The quantitative estimate of drug-likeness (QED) is 0.575. The fourth-order valence-electron chi connectivity index (χ4n) is 4.17. The molecule has 3 heterocycles. The number of nitrogens with one attached hydrogen (secondary N) is 3. The SMILES string of the molecule is Cc1n[nH]c(C)c1C1CCCCCN1C(=O)c1ccc2c(=O)[nH]c(=S)[nH]c2c1. The number of H-pyrrole nitrogens is 3. The van der Waals surface area contributed by atoms with Crippen LogP contribution < -0.4 is 5.56 Å². The molecule has 146 valence electrons. The molecule has 3 aromatic rings. The van der Waals surface area contributed by atoms with Crippen LogP contribution in [-0.4, -0.2) is 37.5 Å². The summed E-state index contributed by atoms with van der Waals surface area (Å²) in [5, 5.41) is 7.86. The first-order valence-electron chi connectivity index (χ1n) is 9.54. The van der Waals surface area contributed by atoms with Gasteiger partial charge < -0.3 is 9.88 Å². The summed E-state index contributed by atoms with van der Waals surface area (Å²) in [4.78, 5) is 33.0. The van der Waals surface area contributed by atoms with Crippen LogP contribution in [0.3, 0.4) is 0 Å². The third kappa shape index (κ3) is 3.28. The van der Waals surface area contributed by atoms with E-state index in [1.165, 1.54) is 0 Å². The van der Waals surface area contributed by atoms with Crippen molar-refractivity contribution in [1.29, 1.82) is 0 Å². The summed E-state index contributed by atoms with van der Waals surface area (Å²) in [6, 6.07) is 5.11. The first-order chi connectivity index (χ1) is 13.5. The standard InChI is InChI=1S/C20H23N5O2S/c1-11-17(12(2)24-23-11)16-6-4-3-5-9-25(16)19(27)13-7-8-14-15(10-13)21-20(28)22-18(14)26/h7-8,10,16H,3-6,9H2,1-2H3,(H,23,24)(H2,21,22,26,28). The van der Waals surface area contributed by atoms with Gasteiger partial charge in [0.2, 0.25) is 0 Å². The third-order valence-corrected chi connectivity index (χ3v) is 5.72. The highest BCUT2D eigenvalue weighted by Gasteiger charge is 2.30. The average Bonchev–Trinajstić information content (AvgIpc) is 2.85. The van der Waals surface area contributed by atoms with Crippen LogP contribution in [0.1, 0.15) is 59.0 Å². The van der Waals surface area contributed by atoms with Gasteiger partial charge in [-0.05, 0) is 57.1 Å². The molecule has 0 spiro atoms. The van der Waals surface area contributed by atoms with Gasteiger partial charge in [-0.2, -0.15) is 5.10 Å². The summed E-state index contributed by atoms with van der Waals surface area (Å²) in [6.45, 7) is 4.69. The van der Waals surface area contributed by atoms with Crippen LogP contribution in [0, 0.1) is 18.6 Å². The van der Waals surface area contributed by atoms with Crippen molar-refractivity contribution in [2.24, 2.45) is 0 Å². The minimum atomic E-state index is -0.255. The molecule has 1 unspecified atom stereocenters. The largest absolute Gasteiger partial charge is 0.332 e. The molecular weight excluding hydrogens is 374 g/mol. The Morgan fingerprint density at radius 3 is 2.79 bits per heavy atom. The van der Waals surface area contributed by atoms with E-state index in [0.717, 1.165) is 42.6 Å². The molecule has 28 heavy (non-hydrogen) atoms. The normalized spacial score (nSPS) is 17.6. The zero-order valence-electron chi connectivity index (χ0n) is 16.0. The molecule has 0 aliphatic carbocycles. The molecule has 0 radical (unpaired) electrons. The zero-order valence-corrected chi connectivity index (χ0v) is 16.8. The Morgan fingerprint density at radius 2 is 2.04 bits per heavy atom. The van der Waals surface area contributed by atoms with Crippen molar-refractivity contribution in [2.75, 3.05) is 6.54 Å². The van der Waals surface area contributed by atoms with Gasteiger partial charge >= 0.3 is 0 Å². The van der Waals surface area contributed by atoms with E-state index in [4.69, 9.17) is 12.2 Å². The number of carbonyl (C=O) groups excluding carboxylic acids is 1. The maximum Gasteiger partial charge on any atom is 0.259 e. The number of aromatic amines is 3. The molecule has 2 aromatic heterocycles. The number of fused-ring (bicyclic) bond motifs is 1. The van der Waals surface area contributed by atoms with Gasteiger partial charge in [0.15, 0.2) is 4.77 Å². The predicted octanol–water partition coefficient (Wildman–Crippen LogP) is 3.68. The fourth-order valence-corrected chi connectivity index (χ4v) is 4.37. The third-order valence-electron chi connectivity index (χ3n) is 5.52. The zero-order chi connectivity index (χ0) is 19.8. The van der Waals surface area contributed by atoms with Crippen LogP contribution in [0.15, 0.2) is 23.0 Å². The van der Waals surface area contributed by atoms with E-state index in [1.54, 1.807) is 18.2 Å². The molecular formula is C20H23N5O2S. The molecule has 1 aromatic carbocycles. The van der Waals surface area contributed by atoms with Gasteiger partial charge in [-0.15, -0.1) is 0 Å². The molecule has 1 aliphatic rings. The van der Waals surface area contributed by atoms with Crippen LogP contribution in [0.25, 0.3) is 10.9 Å². The van der Waals surface area contributed by atoms with Gasteiger partial charge in [0, 0.05) is 23.4 Å². The Balaban J connectivity index is 1.77. The van der Waals surface area contributed by atoms with Crippen LogP contribution in [0.4, 0.5) is 0 Å². The highest BCUT2D eigenvalue weighted by molar-refractivity contribution is 7.71. The van der Waals surface area contributed by atoms with Crippen LogP contribution in [0.2, 0.25) is 0 Å². The van der Waals surface area contributed by atoms with Crippen molar-refractivity contribution in [3.05, 3.63) is 55.8 Å². The summed E-state index contributed by atoms with van der Waals surface area (Å²) in [6.07, 6.45) is 4.09. The van der Waals surface area contributed by atoms with Gasteiger partial charge in [-0.25, -0.2) is 0 Å². The second kappa shape index (κ2) is 7.35. The molecule has 1 fully saturated rings. The number of aromatic nitrogens is 4. The molecule has 0 bridgehead atoms. The molecule has 1 aliphatic heterocycles. The summed E-state index contributed by atoms with van der Waals surface area (Å²) >= 11 is 5.06. The van der Waals surface area contributed by atoms with E-state index in [1.807, 2.05) is 18.7 Å². The van der Waals surface area contributed by atoms with E-state index in [0.29, 0.717) is 23.0 Å². The van der Waals surface area contributed by atoms with Crippen molar-refractivity contribution in [1.82, 2.24) is 25.1 Å². The summed E-state index contributed by atoms with van der Waals surface area (Å²) in [5.41, 5.74) is 3.94. The maximum atomic E-state index is 13.5. The number of amides is 1. The Bertz CT molecular complexity index is 1140. The van der Waals surface area contributed by atoms with Crippen molar-refractivity contribution < 1.29 is 4.79 Å². The molecule has 3 N–H and O–H groups in total.